The maximum Gasteiger partial charge on any atom is 0.254 e. The molecule has 15 rings (SSSR count). The fraction of sp³-hybridized carbons (Fsp3) is 0.190. The molecular weight excluding hydrogens is 1340 g/mol. The van der Waals surface area contributed by atoms with E-state index in [0.717, 1.165) is 53.7 Å². The van der Waals surface area contributed by atoms with Crippen LogP contribution in [0.3, 0.4) is 0 Å². The predicted octanol–water partition coefficient (Wildman–Crippen LogP) is 14.1. The Morgan fingerprint density at radius 1 is 0.422 bits per heavy atom. The van der Waals surface area contributed by atoms with E-state index in [1.807, 2.05) is 204 Å². The summed E-state index contributed by atoms with van der Waals surface area (Å²) in [7, 11) is 4.83. The van der Waals surface area contributed by atoms with Crippen LogP contribution in [0, 0.1) is 0 Å². The number of methoxy groups -OCH3 is 3. The molecule has 6 amide bonds. The highest BCUT2D eigenvalue weighted by atomic mass is 32.1. The van der Waals surface area contributed by atoms with Crippen molar-refractivity contribution in [3.8, 4) is 16.8 Å². The van der Waals surface area contributed by atoms with E-state index in [1.165, 1.54) is 11.3 Å². The summed E-state index contributed by atoms with van der Waals surface area (Å²) in [5.74, 6) is -2.47. The number of aromatic nitrogens is 5. The number of rotatable bonds is 20. The van der Waals surface area contributed by atoms with Crippen molar-refractivity contribution >= 4 is 97.5 Å². The quantitative estimate of drug-likeness (QED) is 0.0645. The normalized spacial score (nSPS) is 17.4. The summed E-state index contributed by atoms with van der Waals surface area (Å²) < 4.78 is 17.6. The molecule has 6 atom stereocenters. The first kappa shape index (κ1) is 69.3. The summed E-state index contributed by atoms with van der Waals surface area (Å²) in [5.41, 5.74) is 10.2. The van der Waals surface area contributed by atoms with Gasteiger partial charge < -0.3 is 44.9 Å². The number of carbonyl (C=O) groups is 6. The van der Waals surface area contributed by atoms with Crippen molar-refractivity contribution in [2.24, 2.45) is 0 Å². The first-order valence-electron chi connectivity index (χ1n) is 33.0. The van der Waals surface area contributed by atoms with Gasteiger partial charge in [-0.15, -0.1) is 34.0 Å². The van der Waals surface area contributed by atoms with Gasteiger partial charge in [0.15, 0.2) is 0 Å². The van der Waals surface area contributed by atoms with Gasteiger partial charge in [0, 0.05) is 127 Å². The van der Waals surface area contributed by atoms with Gasteiger partial charge in [-0.3, -0.25) is 43.7 Å². The van der Waals surface area contributed by atoms with Crippen LogP contribution in [0.15, 0.2) is 247 Å². The van der Waals surface area contributed by atoms with Gasteiger partial charge in [0.25, 0.3) is 17.7 Å². The van der Waals surface area contributed by atoms with Crippen LogP contribution in [0.25, 0.3) is 27.8 Å². The van der Waals surface area contributed by atoms with E-state index in [1.54, 1.807) is 106 Å². The molecule has 12 aromatic rings. The van der Waals surface area contributed by atoms with E-state index >= 15 is 0 Å². The average molecular weight is 1410 g/mol. The molecule has 0 saturated heterocycles. The Hall–Kier alpha value is -11.2. The Morgan fingerprint density at radius 2 is 0.873 bits per heavy atom. The molecule has 9 heterocycles. The number of nitrogens with one attached hydrogen (secondary N) is 3. The summed E-state index contributed by atoms with van der Waals surface area (Å²) in [6.45, 7) is 2.34. The van der Waals surface area contributed by atoms with Gasteiger partial charge in [0.1, 0.15) is 0 Å². The van der Waals surface area contributed by atoms with Gasteiger partial charge in [0.05, 0.1) is 72.4 Å². The van der Waals surface area contributed by atoms with Crippen LogP contribution >= 0.6 is 34.0 Å². The standard InChI is InChI=1S/C28H25N3O3S.C26H24N4O3S.C25H22N4O3S/c1-34-16-15-31-26(24-9-5-17-35-24)25(22-7-2-3-8-23(22)28(31)33)27(32)30-21-12-10-19(11-13-21)20-6-4-14-29-18-20;1-33-15-14-29-24(22-11-5-16-34-22)23(20-9-2-3-10-21(20)26(29)32)25(31)28-18-7-4-8-19(17-18)30-13-6-12-27-30;1-32-13-12-29-23(21-7-4-14-33-21)22(17-5-2-3-6-18(17)25(29)31)24(30)28-16-8-9-19-20(15-16)27-11-10-26-19/h2-14,17-18,25-26H,15-16H2,1H3,(H,30,32);2-13,16-17,23-24H,14-15H2,1H3,(H,28,31);2-11,14-15,22-23H,12-13H2,1H3,(H,28,30). The molecular formula is C79H71N11O9S3. The van der Waals surface area contributed by atoms with Crippen LogP contribution in [0.2, 0.25) is 0 Å². The number of hydrogen-bond donors (Lipinski definition) is 3. The van der Waals surface area contributed by atoms with Crippen molar-refractivity contribution in [2.45, 2.75) is 35.9 Å². The molecule has 102 heavy (non-hydrogen) atoms. The Labute approximate surface area is 601 Å². The van der Waals surface area contributed by atoms with Crippen LogP contribution in [-0.2, 0) is 28.6 Å². The minimum absolute atomic E-state index is 0.0825. The van der Waals surface area contributed by atoms with Crippen molar-refractivity contribution in [1.82, 2.24) is 39.4 Å². The van der Waals surface area contributed by atoms with E-state index < -0.39 is 35.9 Å². The summed E-state index contributed by atoms with van der Waals surface area (Å²) >= 11 is 4.63. The van der Waals surface area contributed by atoms with Gasteiger partial charge in [-0.1, -0.05) is 97.1 Å². The molecule has 0 aliphatic carbocycles. The third-order valence-corrected chi connectivity index (χ3v) is 20.9. The fourth-order valence-electron chi connectivity index (χ4n) is 13.4. The second kappa shape index (κ2) is 32.4. The SMILES string of the molecule is COCCN1C(=O)c2ccccc2C(C(=O)Nc2ccc(-c3cccnc3)cc2)C1c1cccs1.COCCN1C(=O)c2ccccc2C(C(=O)Nc2ccc3nccnc3c2)C1c1cccs1.COCCN1C(=O)c2ccccc2C(C(=O)Nc2cccc(-n3cccn3)c2)C1c1cccs1. The lowest BCUT2D eigenvalue weighted by atomic mass is 9.81. The zero-order chi connectivity index (χ0) is 70.5. The number of pyridine rings is 1. The maximum absolute atomic E-state index is 13.9. The minimum Gasteiger partial charge on any atom is -0.383 e. The maximum atomic E-state index is 13.9. The number of amides is 6. The summed E-state index contributed by atoms with van der Waals surface area (Å²) in [6.07, 6.45) is 10.4. The molecule has 3 aliphatic heterocycles. The first-order valence-corrected chi connectivity index (χ1v) is 35.7. The lowest BCUT2D eigenvalue weighted by Crippen LogP contribution is -2.47. The lowest BCUT2D eigenvalue weighted by Gasteiger charge is -2.41. The molecule has 3 N–H and O–H groups in total. The number of benzene rings is 6. The molecule has 0 radical (unpaired) electrons. The van der Waals surface area contributed by atoms with Crippen molar-refractivity contribution < 1.29 is 43.0 Å². The zero-order valence-corrected chi connectivity index (χ0v) is 58.3. The molecule has 514 valence electrons. The highest BCUT2D eigenvalue weighted by Crippen LogP contribution is 2.48. The van der Waals surface area contributed by atoms with Crippen LogP contribution in [0.5, 0.6) is 0 Å². The molecule has 0 bridgehead atoms. The van der Waals surface area contributed by atoms with Crippen LogP contribution in [0.1, 0.15) is 98.3 Å². The highest BCUT2D eigenvalue weighted by Gasteiger charge is 2.47. The predicted molar refractivity (Wildman–Crippen MR) is 396 cm³/mol. The fourth-order valence-corrected chi connectivity index (χ4v) is 16.0. The molecule has 0 spiro atoms. The molecule has 6 aromatic heterocycles. The van der Waals surface area contributed by atoms with Crippen molar-refractivity contribution in [3.05, 3.63) is 295 Å². The molecule has 20 nitrogen and oxygen atoms in total. The summed E-state index contributed by atoms with van der Waals surface area (Å²) in [6, 6.07) is 59.1. The smallest absolute Gasteiger partial charge is 0.254 e. The van der Waals surface area contributed by atoms with Crippen molar-refractivity contribution in [3.63, 3.8) is 0 Å². The Morgan fingerprint density at radius 3 is 1.30 bits per heavy atom. The van der Waals surface area contributed by atoms with Crippen LogP contribution in [-0.4, -0.2) is 136 Å². The summed E-state index contributed by atoms with van der Waals surface area (Å²) in [4.78, 5) is 103. The van der Waals surface area contributed by atoms with E-state index in [2.05, 4.69) is 36.0 Å². The number of nitrogens with zero attached hydrogens (tertiary/aromatic N) is 8. The van der Waals surface area contributed by atoms with E-state index in [4.69, 9.17) is 14.2 Å². The van der Waals surface area contributed by atoms with E-state index in [0.29, 0.717) is 78.7 Å². The monoisotopic (exact) mass is 1410 g/mol. The third kappa shape index (κ3) is 15.0. The first-order chi connectivity index (χ1) is 50.0. The number of carbonyl (C=O) groups excluding carboxylic acids is 6. The zero-order valence-electron chi connectivity index (χ0n) is 55.9. The van der Waals surface area contributed by atoms with Crippen molar-refractivity contribution in [1.29, 1.82) is 0 Å². The Balaban J connectivity index is 0.000000137. The molecule has 6 aromatic carbocycles. The second-order valence-electron chi connectivity index (χ2n) is 24.1. The van der Waals surface area contributed by atoms with Crippen LogP contribution in [0.4, 0.5) is 17.1 Å². The van der Waals surface area contributed by atoms with Gasteiger partial charge >= 0.3 is 0 Å². The number of thiophene rings is 3. The molecule has 0 fully saturated rings. The topological polar surface area (TPSA) is 232 Å². The van der Waals surface area contributed by atoms with Gasteiger partial charge in [0.2, 0.25) is 17.7 Å². The van der Waals surface area contributed by atoms with Gasteiger partial charge in [-0.05, 0) is 141 Å². The second-order valence-corrected chi connectivity index (χ2v) is 27.0. The summed E-state index contributed by atoms with van der Waals surface area (Å²) in [5, 5.41) is 19.4. The molecule has 3 aliphatic rings. The van der Waals surface area contributed by atoms with Gasteiger partial charge in [-0.25, -0.2) is 4.68 Å². The average Bonchev–Trinajstić information content (AvgIpc) is 1.46. The number of ether oxygens (including phenoxy) is 3. The number of fused-ring (bicyclic) bond motifs is 4. The molecule has 6 unspecified atom stereocenters. The number of anilines is 3. The Kier molecular flexibility index (Phi) is 22.0. The highest BCUT2D eigenvalue weighted by molar-refractivity contribution is 7.10. The Bertz CT molecular complexity index is 4870. The van der Waals surface area contributed by atoms with Crippen LogP contribution < -0.4 is 16.0 Å². The third-order valence-electron chi connectivity index (χ3n) is 18.0. The van der Waals surface area contributed by atoms with Crippen molar-refractivity contribution in [2.75, 3.05) is 76.7 Å². The minimum atomic E-state index is -0.577. The number of hydrogen-bond acceptors (Lipinski definition) is 16. The van der Waals surface area contributed by atoms with E-state index in [-0.39, 0.29) is 35.4 Å². The molecule has 23 heteroatoms. The largest absolute Gasteiger partial charge is 0.383 e. The molecule has 0 saturated carbocycles. The lowest BCUT2D eigenvalue weighted by molar-refractivity contribution is -0.120. The van der Waals surface area contributed by atoms with Gasteiger partial charge in [-0.2, -0.15) is 5.10 Å². The van der Waals surface area contributed by atoms with E-state index in [9.17, 15) is 28.8 Å².